The molecule has 0 aliphatic carbocycles. The minimum absolute atomic E-state index is 0.000577. The predicted octanol–water partition coefficient (Wildman–Crippen LogP) is 1.24. The minimum atomic E-state index is -3.01. The molecule has 0 N–H and O–H groups in total. The second-order valence-corrected chi connectivity index (χ2v) is 7.11. The molecule has 0 radical (unpaired) electrons. The Morgan fingerprint density at radius 1 is 1.33 bits per heavy atom. The van der Waals surface area contributed by atoms with Gasteiger partial charge in [0.15, 0.2) is 15.6 Å². The molecule has 1 saturated heterocycles. The van der Waals surface area contributed by atoms with Crippen molar-refractivity contribution in [3.8, 4) is 5.75 Å². The van der Waals surface area contributed by atoms with Crippen LogP contribution in [0.15, 0.2) is 18.2 Å². The molecule has 1 aromatic carbocycles. The molecule has 1 unspecified atom stereocenters. The van der Waals surface area contributed by atoms with Crippen molar-refractivity contribution in [1.29, 1.82) is 0 Å². The summed E-state index contributed by atoms with van der Waals surface area (Å²) in [4.78, 5) is 12.2. The normalized spacial score (nSPS) is 24.6. The Hall–Kier alpha value is -1.36. The van der Waals surface area contributed by atoms with Crippen LogP contribution in [0.4, 0.5) is 0 Å². The van der Waals surface area contributed by atoms with E-state index in [-0.39, 0.29) is 23.2 Å². The Balaban J connectivity index is 1.85. The van der Waals surface area contributed by atoms with Gasteiger partial charge in [0.2, 0.25) is 0 Å². The number of hydrogen-bond acceptors (Lipinski definition) is 4. The number of fused-ring (bicyclic) bond motifs is 1. The molecule has 0 aromatic heterocycles. The highest BCUT2D eigenvalue weighted by Crippen LogP contribution is 2.28. The van der Waals surface area contributed by atoms with E-state index >= 15 is 0 Å². The molecular weight excluding hydrogens is 252 g/mol. The van der Waals surface area contributed by atoms with Gasteiger partial charge in [-0.1, -0.05) is 0 Å². The zero-order valence-corrected chi connectivity index (χ0v) is 10.7. The lowest BCUT2D eigenvalue weighted by Crippen LogP contribution is -2.16. The zero-order chi connectivity index (χ0) is 12.8. The molecule has 2 heterocycles. The van der Waals surface area contributed by atoms with Crippen LogP contribution in [0.2, 0.25) is 0 Å². The largest absolute Gasteiger partial charge is 0.493 e. The highest BCUT2D eigenvalue weighted by atomic mass is 32.2. The van der Waals surface area contributed by atoms with Gasteiger partial charge in [0.05, 0.1) is 18.1 Å². The summed E-state index contributed by atoms with van der Waals surface area (Å²) in [7, 11) is -3.01. The zero-order valence-electron chi connectivity index (χ0n) is 9.89. The number of benzene rings is 1. The van der Waals surface area contributed by atoms with Crippen molar-refractivity contribution in [2.24, 2.45) is 5.92 Å². The lowest BCUT2D eigenvalue weighted by molar-refractivity contribution is 0.0933. The highest BCUT2D eigenvalue weighted by molar-refractivity contribution is 7.91. The Kier molecular flexibility index (Phi) is 2.66. The molecule has 5 heteroatoms. The molecule has 18 heavy (non-hydrogen) atoms. The van der Waals surface area contributed by atoms with Gasteiger partial charge in [-0.3, -0.25) is 4.79 Å². The maximum absolute atomic E-state index is 12.2. The van der Waals surface area contributed by atoms with Crippen LogP contribution in [0, 0.1) is 5.92 Å². The average molecular weight is 266 g/mol. The summed E-state index contributed by atoms with van der Waals surface area (Å²) in [5.74, 6) is 0.559. The summed E-state index contributed by atoms with van der Waals surface area (Å²) in [5.41, 5.74) is 1.66. The SMILES string of the molecule is O=C(c1ccc2c(c1)CCO2)C1CCS(=O)(=O)C1. The van der Waals surface area contributed by atoms with Crippen LogP contribution in [0.25, 0.3) is 0 Å². The van der Waals surface area contributed by atoms with E-state index < -0.39 is 9.84 Å². The summed E-state index contributed by atoms with van der Waals surface area (Å²) in [6.07, 6.45) is 1.27. The van der Waals surface area contributed by atoms with Crippen LogP contribution in [-0.4, -0.2) is 32.3 Å². The van der Waals surface area contributed by atoms with Crippen LogP contribution in [0.5, 0.6) is 5.75 Å². The molecule has 0 spiro atoms. The molecule has 0 amide bonds. The molecule has 4 nitrogen and oxygen atoms in total. The van der Waals surface area contributed by atoms with Crippen molar-refractivity contribution in [2.45, 2.75) is 12.8 Å². The third-order valence-corrected chi connectivity index (χ3v) is 5.35. The predicted molar refractivity (Wildman–Crippen MR) is 66.7 cm³/mol. The summed E-state index contributed by atoms with van der Waals surface area (Å²) in [6, 6.07) is 5.38. The number of ether oxygens (including phenoxy) is 1. The van der Waals surface area contributed by atoms with Gasteiger partial charge in [-0.25, -0.2) is 8.42 Å². The smallest absolute Gasteiger partial charge is 0.167 e. The van der Waals surface area contributed by atoms with Gasteiger partial charge in [0.25, 0.3) is 0 Å². The van der Waals surface area contributed by atoms with E-state index in [4.69, 9.17) is 4.74 Å². The number of Topliss-reactive ketones (excluding diaryl/α,β-unsaturated/α-hetero) is 1. The minimum Gasteiger partial charge on any atom is -0.493 e. The monoisotopic (exact) mass is 266 g/mol. The van der Waals surface area contributed by atoms with E-state index in [1.54, 1.807) is 12.1 Å². The van der Waals surface area contributed by atoms with Crippen LogP contribution >= 0.6 is 0 Å². The maximum atomic E-state index is 12.2. The van der Waals surface area contributed by atoms with E-state index in [9.17, 15) is 13.2 Å². The molecule has 1 aromatic rings. The number of ketones is 1. The van der Waals surface area contributed by atoms with Gasteiger partial charge in [0, 0.05) is 17.9 Å². The van der Waals surface area contributed by atoms with Gasteiger partial charge in [-0.15, -0.1) is 0 Å². The third-order valence-electron chi connectivity index (χ3n) is 3.58. The molecule has 0 bridgehead atoms. The lowest BCUT2D eigenvalue weighted by atomic mass is 9.95. The van der Waals surface area contributed by atoms with E-state index in [1.807, 2.05) is 6.07 Å². The molecule has 3 rings (SSSR count). The number of sulfone groups is 1. The number of hydrogen-bond donors (Lipinski definition) is 0. The first kappa shape index (κ1) is 11.7. The molecule has 96 valence electrons. The maximum Gasteiger partial charge on any atom is 0.167 e. The van der Waals surface area contributed by atoms with Crippen molar-refractivity contribution >= 4 is 15.6 Å². The number of rotatable bonds is 2. The molecule has 1 atom stereocenters. The lowest BCUT2D eigenvalue weighted by Gasteiger charge is -2.08. The molecule has 2 aliphatic rings. The van der Waals surface area contributed by atoms with Gasteiger partial charge in [-0.2, -0.15) is 0 Å². The van der Waals surface area contributed by atoms with Crippen LogP contribution in [0.3, 0.4) is 0 Å². The topological polar surface area (TPSA) is 60.4 Å². The fourth-order valence-corrected chi connectivity index (χ4v) is 4.32. The first-order chi connectivity index (χ1) is 8.55. The fourth-order valence-electron chi connectivity index (χ4n) is 2.58. The van der Waals surface area contributed by atoms with Crippen LogP contribution < -0.4 is 4.74 Å². The second-order valence-electron chi connectivity index (χ2n) is 4.89. The van der Waals surface area contributed by atoms with Gasteiger partial charge in [-0.05, 0) is 30.2 Å². The molecule has 1 fully saturated rings. The highest BCUT2D eigenvalue weighted by Gasteiger charge is 2.33. The number of carbonyl (C=O) groups is 1. The number of carbonyl (C=O) groups excluding carboxylic acids is 1. The summed E-state index contributed by atoms with van der Waals surface area (Å²) >= 11 is 0. The third kappa shape index (κ3) is 2.03. The summed E-state index contributed by atoms with van der Waals surface area (Å²) in [5, 5.41) is 0. The first-order valence-electron chi connectivity index (χ1n) is 6.05. The Bertz CT molecular complexity index is 603. The average Bonchev–Trinajstić information content (AvgIpc) is 2.93. The first-order valence-corrected chi connectivity index (χ1v) is 7.88. The van der Waals surface area contributed by atoms with E-state index in [1.165, 1.54) is 0 Å². The summed E-state index contributed by atoms with van der Waals surface area (Å²) < 4.78 is 28.2. The summed E-state index contributed by atoms with van der Waals surface area (Å²) in [6.45, 7) is 0.658. The Morgan fingerprint density at radius 2 is 2.17 bits per heavy atom. The van der Waals surface area contributed by atoms with Crippen LogP contribution in [0.1, 0.15) is 22.3 Å². The van der Waals surface area contributed by atoms with Crippen molar-refractivity contribution < 1.29 is 17.9 Å². The van der Waals surface area contributed by atoms with Crippen molar-refractivity contribution in [3.63, 3.8) is 0 Å². The van der Waals surface area contributed by atoms with Crippen molar-refractivity contribution in [2.75, 3.05) is 18.1 Å². The van der Waals surface area contributed by atoms with Gasteiger partial charge in [0.1, 0.15) is 5.75 Å². The molecule has 2 aliphatic heterocycles. The molecular formula is C13H14O4S. The van der Waals surface area contributed by atoms with Crippen molar-refractivity contribution in [1.82, 2.24) is 0 Å². The fraction of sp³-hybridized carbons (Fsp3) is 0.462. The standard InChI is InChI=1S/C13H14O4S/c14-13(11-4-6-18(15,16)8-11)10-1-2-12-9(7-10)3-5-17-12/h1-2,7,11H,3-6,8H2. The van der Waals surface area contributed by atoms with Gasteiger partial charge < -0.3 is 4.74 Å². The Morgan fingerprint density at radius 3 is 2.89 bits per heavy atom. The van der Waals surface area contributed by atoms with E-state index in [0.717, 1.165) is 17.7 Å². The van der Waals surface area contributed by atoms with Crippen molar-refractivity contribution in [3.05, 3.63) is 29.3 Å². The van der Waals surface area contributed by atoms with Gasteiger partial charge >= 0.3 is 0 Å². The van der Waals surface area contributed by atoms with E-state index in [0.29, 0.717) is 18.6 Å². The van der Waals surface area contributed by atoms with Crippen LogP contribution in [-0.2, 0) is 16.3 Å². The van der Waals surface area contributed by atoms with E-state index in [2.05, 4.69) is 0 Å². The quantitative estimate of drug-likeness (QED) is 0.756. The molecule has 0 saturated carbocycles. The Labute approximate surface area is 106 Å². The second kappa shape index (κ2) is 4.09.